The van der Waals surface area contributed by atoms with Crippen molar-refractivity contribution < 1.29 is 13.2 Å². The van der Waals surface area contributed by atoms with Gasteiger partial charge in [0.25, 0.3) is 0 Å². The van der Waals surface area contributed by atoms with Crippen LogP contribution < -0.4 is 5.32 Å². The van der Waals surface area contributed by atoms with Crippen molar-refractivity contribution in [3.63, 3.8) is 0 Å². The Bertz CT molecular complexity index is 889. The number of amides is 1. The van der Waals surface area contributed by atoms with Crippen LogP contribution in [0.4, 0.5) is 5.69 Å². The van der Waals surface area contributed by atoms with Crippen molar-refractivity contribution in [3.8, 4) is 0 Å². The number of carbonyl (C=O) groups is 1. The summed E-state index contributed by atoms with van der Waals surface area (Å²) in [6.07, 6.45) is 3.87. The van der Waals surface area contributed by atoms with Crippen molar-refractivity contribution >= 4 is 21.6 Å². The number of hydrogen-bond acceptors (Lipinski definition) is 3. The SMILES string of the molecule is Cc1ccc(S(=O)(=O)N2CCCCC2)cc1NC(=O)CCc1ccccc1. The third-order valence-corrected chi connectivity index (χ3v) is 6.81. The van der Waals surface area contributed by atoms with Crippen LogP contribution in [0, 0.1) is 6.92 Å². The first-order valence-corrected chi connectivity index (χ1v) is 10.9. The zero-order valence-corrected chi connectivity index (χ0v) is 16.5. The van der Waals surface area contributed by atoms with E-state index in [1.165, 1.54) is 0 Å². The second-order valence-corrected chi connectivity index (χ2v) is 8.91. The number of benzene rings is 2. The van der Waals surface area contributed by atoms with Crippen LogP contribution in [0.15, 0.2) is 53.4 Å². The van der Waals surface area contributed by atoms with Crippen molar-refractivity contribution in [2.24, 2.45) is 0 Å². The van der Waals surface area contributed by atoms with E-state index in [2.05, 4.69) is 5.32 Å². The Morgan fingerprint density at radius 3 is 2.44 bits per heavy atom. The van der Waals surface area contributed by atoms with Gasteiger partial charge in [-0.25, -0.2) is 8.42 Å². The lowest BCUT2D eigenvalue weighted by molar-refractivity contribution is -0.116. The van der Waals surface area contributed by atoms with Gasteiger partial charge in [0.05, 0.1) is 4.90 Å². The first-order valence-electron chi connectivity index (χ1n) is 9.41. The lowest BCUT2D eigenvalue weighted by atomic mass is 10.1. The van der Waals surface area contributed by atoms with Gasteiger partial charge < -0.3 is 5.32 Å². The van der Waals surface area contributed by atoms with Crippen LogP contribution >= 0.6 is 0 Å². The third-order valence-electron chi connectivity index (χ3n) is 4.92. The minimum Gasteiger partial charge on any atom is -0.326 e. The number of piperidine rings is 1. The zero-order chi connectivity index (χ0) is 19.3. The highest BCUT2D eigenvalue weighted by molar-refractivity contribution is 7.89. The first-order chi connectivity index (χ1) is 13.0. The van der Waals surface area contributed by atoms with Gasteiger partial charge in [-0.05, 0) is 49.4 Å². The highest BCUT2D eigenvalue weighted by Gasteiger charge is 2.26. The van der Waals surface area contributed by atoms with Crippen molar-refractivity contribution in [2.45, 2.75) is 43.9 Å². The molecule has 1 aliphatic rings. The van der Waals surface area contributed by atoms with Crippen LogP contribution in [0.2, 0.25) is 0 Å². The molecule has 0 aliphatic carbocycles. The van der Waals surface area contributed by atoms with Gasteiger partial charge in [0.15, 0.2) is 0 Å². The van der Waals surface area contributed by atoms with E-state index in [0.717, 1.165) is 30.4 Å². The Balaban J connectivity index is 1.70. The van der Waals surface area contributed by atoms with E-state index in [9.17, 15) is 13.2 Å². The quantitative estimate of drug-likeness (QED) is 0.822. The third kappa shape index (κ3) is 4.96. The molecule has 1 fully saturated rings. The molecule has 6 heteroatoms. The maximum atomic E-state index is 12.9. The number of aryl methyl sites for hydroxylation is 2. The highest BCUT2D eigenvalue weighted by atomic mass is 32.2. The topological polar surface area (TPSA) is 66.5 Å². The fourth-order valence-corrected chi connectivity index (χ4v) is 4.81. The summed E-state index contributed by atoms with van der Waals surface area (Å²) in [6.45, 7) is 2.99. The van der Waals surface area contributed by atoms with Crippen molar-refractivity contribution in [2.75, 3.05) is 18.4 Å². The number of nitrogens with one attached hydrogen (secondary N) is 1. The van der Waals surface area contributed by atoms with Gasteiger partial charge in [-0.1, -0.05) is 42.8 Å². The Kier molecular flexibility index (Phi) is 6.29. The Hall–Kier alpha value is -2.18. The van der Waals surface area contributed by atoms with Gasteiger partial charge in [0, 0.05) is 25.2 Å². The van der Waals surface area contributed by atoms with Crippen LogP contribution in [0.5, 0.6) is 0 Å². The summed E-state index contributed by atoms with van der Waals surface area (Å²) in [5.74, 6) is -0.116. The molecule has 1 saturated heterocycles. The van der Waals surface area contributed by atoms with Crippen molar-refractivity contribution in [1.82, 2.24) is 4.31 Å². The molecule has 0 saturated carbocycles. The largest absolute Gasteiger partial charge is 0.326 e. The van der Waals surface area contributed by atoms with Gasteiger partial charge in [0.2, 0.25) is 15.9 Å². The van der Waals surface area contributed by atoms with E-state index in [1.807, 2.05) is 37.3 Å². The molecule has 27 heavy (non-hydrogen) atoms. The maximum Gasteiger partial charge on any atom is 0.243 e. The Morgan fingerprint density at radius 1 is 1.04 bits per heavy atom. The number of hydrogen-bond donors (Lipinski definition) is 1. The molecular weight excluding hydrogens is 360 g/mol. The number of anilines is 1. The molecule has 0 aromatic heterocycles. The molecule has 0 radical (unpaired) electrons. The maximum absolute atomic E-state index is 12.9. The van der Waals surface area contributed by atoms with E-state index in [4.69, 9.17) is 0 Å². The average molecular weight is 387 g/mol. The first kappa shape index (κ1) is 19.6. The van der Waals surface area contributed by atoms with Gasteiger partial charge in [0.1, 0.15) is 0 Å². The molecular formula is C21H26N2O3S. The molecule has 1 amide bonds. The van der Waals surface area contributed by atoms with Crippen LogP contribution in [-0.4, -0.2) is 31.7 Å². The lowest BCUT2D eigenvalue weighted by Crippen LogP contribution is -2.35. The predicted octanol–water partition coefficient (Wildman–Crippen LogP) is 3.74. The van der Waals surface area contributed by atoms with Crippen LogP contribution in [0.1, 0.15) is 36.8 Å². The monoisotopic (exact) mass is 386 g/mol. The summed E-state index contributed by atoms with van der Waals surface area (Å²) >= 11 is 0. The summed E-state index contributed by atoms with van der Waals surface area (Å²) in [7, 11) is -3.51. The Morgan fingerprint density at radius 2 is 1.74 bits per heavy atom. The molecule has 2 aromatic carbocycles. The van der Waals surface area contributed by atoms with E-state index in [0.29, 0.717) is 31.6 Å². The summed E-state index contributed by atoms with van der Waals surface area (Å²) < 4.78 is 27.3. The molecule has 1 aliphatic heterocycles. The molecule has 1 heterocycles. The second kappa shape index (κ2) is 8.67. The summed E-state index contributed by atoms with van der Waals surface area (Å²) in [6, 6.07) is 14.8. The number of rotatable bonds is 6. The second-order valence-electron chi connectivity index (χ2n) is 6.98. The molecule has 3 rings (SSSR count). The van der Waals surface area contributed by atoms with Gasteiger partial charge in [-0.2, -0.15) is 4.31 Å². The molecule has 0 spiro atoms. The fraction of sp³-hybridized carbons (Fsp3) is 0.381. The van der Waals surface area contributed by atoms with Crippen LogP contribution in [0.25, 0.3) is 0 Å². The van der Waals surface area contributed by atoms with E-state index in [-0.39, 0.29) is 10.8 Å². The van der Waals surface area contributed by atoms with Gasteiger partial charge >= 0.3 is 0 Å². The molecule has 0 unspecified atom stereocenters. The standard InChI is InChI=1S/C21H26N2O3S/c1-17-10-12-19(27(25,26)23-14-6-3-7-15-23)16-20(17)22-21(24)13-11-18-8-4-2-5-9-18/h2,4-5,8-10,12,16H,3,6-7,11,13-15H2,1H3,(H,22,24). The van der Waals surface area contributed by atoms with Crippen molar-refractivity contribution in [3.05, 3.63) is 59.7 Å². The molecule has 0 atom stereocenters. The summed E-state index contributed by atoms with van der Waals surface area (Å²) in [5.41, 5.74) is 2.51. The molecule has 0 bridgehead atoms. The van der Waals surface area contributed by atoms with E-state index >= 15 is 0 Å². The molecule has 1 N–H and O–H groups in total. The van der Waals surface area contributed by atoms with Gasteiger partial charge in [-0.15, -0.1) is 0 Å². The average Bonchev–Trinajstić information content (AvgIpc) is 2.69. The lowest BCUT2D eigenvalue weighted by Gasteiger charge is -2.26. The number of sulfonamides is 1. The molecule has 144 valence electrons. The normalized spacial score (nSPS) is 15.4. The van der Waals surface area contributed by atoms with E-state index in [1.54, 1.807) is 22.5 Å². The van der Waals surface area contributed by atoms with Crippen molar-refractivity contribution in [1.29, 1.82) is 0 Å². The van der Waals surface area contributed by atoms with Crippen LogP contribution in [0.3, 0.4) is 0 Å². The highest BCUT2D eigenvalue weighted by Crippen LogP contribution is 2.25. The van der Waals surface area contributed by atoms with Crippen LogP contribution in [-0.2, 0) is 21.2 Å². The minimum atomic E-state index is -3.51. The fourth-order valence-electron chi connectivity index (χ4n) is 3.27. The number of carbonyl (C=O) groups excluding carboxylic acids is 1. The Labute approximate surface area is 161 Å². The molecule has 2 aromatic rings. The molecule has 5 nitrogen and oxygen atoms in total. The van der Waals surface area contributed by atoms with E-state index < -0.39 is 10.0 Å². The summed E-state index contributed by atoms with van der Waals surface area (Å²) in [4.78, 5) is 12.6. The van der Waals surface area contributed by atoms with Gasteiger partial charge in [-0.3, -0.25) is 4.79 Å². The summed E-state index contributed by atoms with van der Waals surface area (Å²) in [5, 5.41) is 2.87. The zero-order valence-electron chi connectivity index (χ0n) is 15.6. The smallest absolute Gasteiger partial charge is 0.243 e. The number of nitrogens with zero attached hydrogens (tertiary/aromatic N) is 1. The minimum absolute atomic E-state index is 0.116. The predicted molar refractivity (Wildman–Crippen MR) is 107 cm³/mol.